The predicted octanol–water partition coefficient (Wildman–Crippen LogP) is 0.851. The number of nitrogens with zero attached hydrogens (tertiary/aromatic N) is 1. The highest BCUT2D eigenvalue weighted by Crippen LogP contribution is 2.29. The van der Waals surface area contributed by atoms with Crippen LogP contribution in [-0.4, -0.2) is 37.0 Å². The van der Waals surface area contributed by atoms with E-state index in [9.17, 15) is 4.79 Å². The minimum absolute atomic E-state index is 0.0879. The van der Waals surface area contributed by atoms with E-state index >= 15 is 0 Å². The second kappa shape index (κ2) is 4.09. The van der Waals surface area contributed by atoms with Crippen molar-refractivity contribution >= 4 is 5.91 Å². The molecule has 1 amide bonds. The average molecular weight is 184 g/mol. The maximum absolute atomic E-state index is 11.5. The molecule has 0 aromatic heterocycles. The molecule has 0 aliphatic carbocycles. The van der Waals surface area contributed by atoms with Crippen LogP contribution in [0.15, 0.2) is 0 Å². The Hall–Kier alpha value is -0.570. The largest absolute Gasteiger partial charge is 0.358 e. The van der Waals surface area contributed by atoms with Gasteiger partial charge in [0.05, 0.1) is 6.04 Å². The van der Waals surface area contributed by atoms with Crippen molar-refractivity contribution in [3.63, 3.8) is 0 Å². The number of likely N-dealkylation sites (tertiary alicyclic amines) is 1. The van der Waals surface area contributed by atoms with Crippen molar-refractivity contribution in [2.45, 2.75) is 38.8 Å². The topological polar surface area (TPSA) is 32.3 Å². The fourth-order valence-corrected chi connectivity index (χ4v) is 2.46. The average Bonchev–Trinajstić information content (AvgIpc) is 2.40. The summed E-state index contributed by atoms with van der Waals surface area (Å²) in [4.78, 5) is 13.7. The van der Waals surface area contributed by atoms with Crippen LogP contribution < -0.4 is 5.32 Å². The molecule has 3 heteroatoms. The molecule has 3 nitrogen and oxygen atoms in total. The first kappa shape index (κ1) is 10.5. The van der Waals surface area contributed by atoms with E-state index in [0.29, 0.717) is 12.0 Å². The lowest BCUT2D eigenvalue weighted by atomic mass is 9.99. The molecule has 3 unspecified atom stereocenters. The Morgan fingerprint density at radius 2 is 2.23 bits per heavy atom. The number of hydrogen-bond donors (Lipinski definition) is 1. The Bertz CT molecular complexity index is 193. The molecule has 1 rings (SSSR count). The van der Waals surface area contributed by atoms with Crippen LogP contribution in [0.3, 0.4) is 0 Å². The van der Waals surface area contributed by atoms with E-state index in [0.717, 1.165) is 12.8 Å². The third-order valence-electron chi connectivity index (χ3n) is 3.23. The number of carbonyl (C=O) groups is 1. The molecule has 0 radical (unpaired) electrons. The molecular weight excluding hydrogens is 164 g/mol. The van der Waals surface area contributed by atoms with Gasteiger partial charge >= 0.3 is 0 Å². The molecule has 1 N–H and O–H groups in total. The van der Waals surface area contributed by atoms with Gasteiger partial charge in [-0.1, -0.05) is 13.8 Å². The van der Waals surface area contributed by atoms with Gasteiger partial charge in [-0.15, -0.1) is 0 Å². The van der Waals surface area contributed by atoms with Crippen LogP contribution in [0.1, 0.15) is 26.7 Å². The molecule has 1 heterocycles. The van der Waals surface area contributed by atoms with Gasteiger partial charge in [0, 0.05) is 13.1 Å². The van der Waals surface area contributed by atoms with Crippen molar-refractivity contribution in [2.75, 3.05) is 14.1 Å². The maximum Gasteiger partial charge on any atom is 0.237 e. The van der Waals surface area contributed by atoms with E-state index in [1.165, 1.54) is 0 Å². The molecule has 1 saturated heterocycles. The quantitative estimate of drug-likeness (QED) is 0.690. The van der Waals surface area contributed by atoms with Gasteiger partial charge in [0.1, 0.15) is 0 Å². The summed E-state index contributed by atoms with van der Waals surface area (Å²) >= 11 is 0. The van der Waals surface area contributed by atoms with E-state index in [1.807, 2.05) is 0 Å². The first-order valence-electron chi connectivity index (χ1n) is 5.05. The highest BCUT2D eigenvalue weighted by molar-refractivity contribution is 5.81. The molecule has 13 heavy (non-hydrogen) atoms. The summed E-state index contributed by atoms with van der Waals surface area (Å²) in [5.41, 5.74) is 0. The molecule has 1 aliphatic heterocycles. The number of amides is 1. The van der Waals surface area contributed by atoms with Crippen LogP contribution >= 0.6 is 0 Å². The van der Waals surface area contributed by atoms with Crippen LogP contribution in [-0.2, 0) is 4.79 Å². The summed E-state index contributed by atoms with van der Waals surface area (Å²) in [5, 5.41) is 2.72. The molecule has 3 atom stereocenters. The number of nitrogens with one attached hydrogen (secondary N) is 1. The van der Waals surface area contributed by atoms with Crippen molar-refractivity contribution in [1.29, 1.82) is 0 Å². The highest BCUT2D eigenvalue weighted by atomic mass is 16.2. The van der Waals surface area contributed by atoms with Gasteiger partial charge < -0.3 is 5.32 Å². The Labute approximate surface area is 80.5 Å². The summed E-state index contributed by atoms with van der Waals surface area (Å²) in [7, 11) is 3.76. The summed E-state index contributed by atoms with van der Waals surface area (Å²) in [6, 6.07) is 0.659. The standard InChI is InChI=1S/C10H20N2O/c1-5-8-7(2)6-9(12(8)4)10(13)11-3/h7-9H,5-6H2,1-4H3,(H,11,13). The number of rotatable bonds is 2. The van der Waals surface area contributed by atoms with Gasteiger partial charge in [-0.05, 0) is 25.8 Å². The summed E-state index contributed by atoms with van der Waals surface area (Å²) < 4.78 is 0. The fraction of sp³-hybridized carbons (Fsp3) is 0.900. The van der Waals surface area contributed by atoms with Crippen molar-refractivity contribution < 1.29 is 4.79 Å². The van der Waals surface area contributed by atoms with E-state index in [2.05, 4.69) is 31.1 Å². The van der Waals surface area contributed by atoms with Crippen LogP contribution in [0.5, 0.6) is 0 Å². The van der Waals surface area contributed by atoms with E-state index in [4.69, 9.17) is 0 Å². The first-order chi connectivity index (χ1) is 6.11. The first-order valence-corrected chi connectivity index (χ1v) is 5.05. The van der Waals surface area contributed by atoms with Crippen LogP contribution in [0.2, 0.25) is 0 Å². The maximum atomic E-state index is 11.5. The monoisotopic (exact) mass is 184 g/mol. The van der Waals surface area contributed by atoms with Gasteiger partial charge in [-0.2, -0.15) is 0 Å². The molecule has 0 aromatic rings. The zero-order valence-corrected chi connectivity index (χ0v) is 9.00. The summed E-state index contributed by atoms with van der Waals surface area (Å²) in [6.45, 7) is 4.41. The number of hydrogen-bond acceptors (Lipinski definition) is 2. The molecular formula is C10H20N2O. The van der Waals surface area contributed by atoms with Gasteiger partial charge in [0.15, 0.2) is 0 Å². The molecule has 76 valence electrons. The van der Waals surface area contributed by atoms with Crippen LogP contribution in [0.25, 0.3) is 0 Å². The smallest absolute Gasteiger partial charge is 0.237 e. The fourth-order valence-electron chi connectivity index (χ4n) is 2.46. The van der Waals surface area contributed by atoms with E-state index < -0.39 is 0 Å². The number of likely N-dealkylation sites (N-methyl/N-ethyl adjacent to an activating group) is 2. The molecule has 0 spiro atoms. The normalized spacial score (nSPS) is 34.9. The molecule has 1 aliphatic rings. The van der Waals surface area contributed by atoms with Gasteiger partial charge in [0.25, 0.3) is 0 Å². The van der Waals surface area contributed by atoms with Crippen molar-refractivity contribution in [3.05, 3.63) is 0 Å². The molecule has 0 saturated carbocycles. The summed E-state index contributed by atoms with van der Waals surface area (Å²) in [5.74, 6) is 0.794. The SMILES string of the molecule is CCC1C(C)CC(C(=O)NC)N1C. The van der Waals surface area contributed by atoms with E-state index in [-0.39, 0.29) is 11.9 Å². The minimum atomic E-state index is 0.0879. The zero-order chi connectivity index (χ0) is 10.0. The second-order valence-electron chi connectivity index (χ2n) is 3.98. The van der Waals surface area contributed by atoms with Crippen molar-refractivity contribution in [3.8, 4) is 0 Å². The van der Waals surface area contributed by atoms with E-state index in [1.54, 1.807) is 7.05 Å². The lowest BCUT2D eigenvalue weighted by molar-refractivity contribution is -0.124. The predicted molar refractivity (Wildman–Crippen MR) is 53.5 cm³/mol. The highest BCUT2D eigenvalue weighted by Gasteiger charge is 2.38. The van der Waals surface area contributed by atoms with Gasteiger partial charge in [-0.25, -0.2) is 0 Å². The van der Waals surface area contributed by atoms with Crippen molar-refractivity contribution in [1.82, 2.24) is 10.2 Å². The Morgan fingerprint density at radius 3 is 2.62 bits per heavy atom. The van der Waals surface area contributed by atoms with Crippen molar-refractivity contribution in [2.24, 2.45) is 5.92 Å². The lowest BCUT2D eigenvalue weighted by Gasteiger charge is -2.24. The third kappa shape index (κ3) is 1.85. The summed E-state index contributed by atoms with van der Waals surface area (Å²) in [6.07, 6.45) is 2.12. The Balaban J connectivity index is 2.66. The number of carbonyl (C=O) groups excluding carboxylic acids is 1. The molecule has 0 bridgehead atoms. The minimum Gasteiger partial charge on any atom is -0.358 e. The Morgan fingerprint density at radius 1 is 1.62 bits per heavy atom. The third-order valence-corrected chi connectivity index (χ3v) is 3.23. The van der Waals surface area contributed by atoms with Crippen LogP contribution in [0.4, 0.5) is 0 Å². The van der Waals surface area contributed by atoms with Gasteiger partial charge in [-0.3, -0.25) is 9.69 Å². The Kier molecular flexibility index (Phi) is 3.31. The van der Waals surface area contributed by atoms with Crippen LogP contribution in [0, 0.1) is 5.92 Å². The van der Waals surface area contributed by atoms with Gasteiger partial charge in [0.2, 0.25) is 5.91 Å². The zero-order valence-electron chi connectivity index (χ0n) is 9.00. The molecule has 1 fully saturated rings. The molecule has 0 aromatic carbocycles. The second-order valence-corrected chi connectivity index (χ2v) is 3.98. The lowest BCUT2D eigenvalue weighted by Crippen LogP contribution is -2.42.